The van der Waals surface area contributed by atoms with Crippen molar-refractivity contribution in [2.24, 2.45) is 0 Å². The third kappa shape index (κ3) is 5.79. The molecule has 8 heteroatoms. The van der Waals surface area contributed by atoms with Crippen LogP contribution in [-0.4, -0.2) is 19.2 Å². The first kappa shape index (κ1) is 21.3. The molecule has 0 unspecified atom stereocenters. The molecule has 150 valence electrons. The maximum Gasteiger partial charge on any atom is 0.264 e. The van der Waals surface area contributed by atoms with Crippen LogP contribution in [0.4, 0.5) is 5.69 Å². The molecule has 3 rings (SSSR count). The minimum atomic E-state index is -3.94. The van der Waals surface area contributed by atoms with E-state index in [0.717, 1.165) is 11.1 Å². The van der Waals surface area contributed by atoms with Gasteiger partial charge >= 0.3 is 0 Å². The van der Waals surface area contributed by atoms with Gasteiger partial charge in [-0.15, -0.1) is 0 Å². The van der Waals surface area contributed by atoms with Gasteiger partial charge in [-0.05, 0) is 47.9 Å². The molecule has 29 heavy (non-hydrogen) atoms. The summed E-state index contributed by atoms with van der Waals surface area (Å²) >= 11 is 12.0. The maximum absolute atomic E-state index is 12.6. The van der Waals surface area contributed by atoms with Crippen LogP contribution in [0.1, 0.15) is 17.5 Å². The molecule has 0 saturated heterocycles. The van der Waals surface area contributed by atoms with Crippen molar-refractivity contribution in [3.8, 4) is 0 Å². The number of nitrogens with one attached hydrogen (secondary N) is 1. The third-order valence-electron chi connectivity index (χ3n) is 4.21. The lowest BCUT2D eigenvalue weighted by Gasteiger charge is -2.11. The number of hydrogen-bond donors (Lipinski definition) is 1. The minimum absolute atomic E-state index is 0.0424. The van der Waals surface area contributed by atoms with E-state index >= 15 is 0 Å². The van der Waals surface area contributed by atoms with E-state index < -0.39 is 10.0 Å². The third-order valence-corrected chi connectivity index (χ3v) is 6.55. The summed E-state index contributed by atoms with van der Waals surface area (Å²) in [6.45, 7) is 0. The second-order valence-electron chi connectivity index (χ2n) is 6.43. The number of anilines is 1. The van der Waals surface area contributed by atoms with Crippen LogP contribution in [-0.2, 0) is 27.7 Å². The maximum atomic E-state index is 12.6. The van der Waals surface area contributed by atoms with Crippen molar-refractivity contribution < 1.29 is 13.2 Å². The summed E-state index contributed by atoms with van der Waals surface area (Å²) in [6, 6.07) is 14.9. The van der Waals surface area contributed by atoms with E-state index in [4.69, 9.17) is 23.2 Å². The number of rotatable bonds is 8. The zero-order valence-corrected chi connectivity index (χ0v) is 17.6. The number of carbonyl (C=O) groups excluding carboxylic acids is 1. The number of aromatic nitrogens is 1. The van der Waals surface area contributed by atoms with E-state index in [0.29, 0.717) is 18.5 Å². The molecule has 5 nitrogen and oxygen atoms in total. The van der Waals surface area contributed by atoms with Crippen LogP contribution >= 0.6 is 23.2 Å². The van der Waals surface area contributed by atoms with E-state index in [9.17, 15) is 13.2 Å². The van der Waals surface area contributed by atoms with E-state index in [1.165, 1.54) is 12.1 Å². The second kappa shape index (κ2) is 9.39. The van der Waals surface area contributed by atoms with Crippen molar-refractivity contribution in [1.82, 2.24) is 4.98 Å². The molecule has 0 spiro atoms. The molecule has 0 radical (unpaired) electrons. The molecule has 0 bridgehead atoms. The van der Waals surface area contributed by atoms with Crippen LogP contribution < -0.4 is 4.72 Å². The molecule has 0 fully saturated rings. The zero-order chi connectivity index (χ0) is 20.9. The van der Waals surface area contributed by atoms with Gasteiger partial charge in [-0.25, -0.2) is 8.42 Å². The monoisotopic (exact) mass is 448 g/mol. The fourth-order valence-corrected chi connectivity index (χ4v) is 4.99. The standard InChI is InChI=1S/C21H18Cl2N2O3S/c22-19-4-1-5-20(23)21(19)29(27,28)25-17-9-6-15(7-10-17)13-18(26)11-8-16-3-2-12-24-14-16/h1-7,9-10,12,14,25H,8,11,13H2. The fraction of sp³-hybridized carbons (Fsp3) is 0.143. The number of nitrogens with zero attached hydrogens (tertiary/aromatic N) is 1. The normalized spacial score (nSPS) is 11.2. The van der Waals surface area contributed by atoms with E-state index in [1.807, 2.05) is 12.1 Å². The highest BCUT2D eigenvalue weighted by Crippen LogP contribution is 2.30. The Morgan fingerprint density at radius 3 is 2.24 bits per heavy atom. The first-order chi connectivity index (χ1) is 13.8. The lowest BCUT2D eigenvalue weighted by molar-refractivity contribution is -0.118. The van der Waals surface area contributed by atoms with Gasteiger partial charge in [0.15, 0.2) is 0 Å². The zero-order valence-electron chi connectivity index (χ0n) is 15.3. The number of Topliss-reactive ketones (excluding diaryl/α,β-unsaturated/α-hetero) is 1. The smallest absolute Gasteiger partial charge is 0.264 e. The second-order valence-corrected chi connectivity index (χ2v) is 8.86. The van der Waals surface area contributed by atoms with Gasteiger partial charge in [-0.3, -0.25) is 14.5 Å². The Balaban J connectivity index is 1.62. The van der Waals surface area contributed by atoms with E-state index in [2.05, 4.69) is 9.71 Å². The van der Waals surface area contributed by atoms with Gasteiger partial charge in [0, 0.05) is 30.9 Å². The Morgan fingerprint density at radius 1 is 0.931 bits per heavy atom. The van der Waals surface area contributed by atoms with Gasteiger partial charge in [-0.1, -0.05) is 47.5 Å². The van der Waals surface area contributed by atoms with Gasteiger partial charge < -0.3 is 0 Å². The van der Waals surface area contributed by atoms with Crippen molar-refractivity contribution in [3.05, 3.63) is 88.2 Å². The molecular formula is C21H18Cl2N2O3S. The molecule has 0 saturated carbocycles. The highest BCUT2D eigenvalue weighted by atomic mass is 35.5. The van der Waals surface area contributed by atoms with Gasteiger partial charge in [-0.2, -0.15) is 0 Å². The summed E-state index contributed by atoms with van der Waals surface area (Å²) < 4.78 is 27.6. The average Bonchev–Trinajstić information content (AvgIpc) is 2.68. The number of ketones is 1. The Morgan fingerprint density at radius 2 is 1.62 bits per heavy atom. The predicted molar refractivity (Wildman–Crippen MR) is 115 cm³/mol. The molecular weight excluding hydrogens is 431 g/mol. The Bertz CT molecular complexity index is 1080. The number of pyridine rings is 1. The number of sulfonamides is 1. The lowest BCUT2D eigenvalue weighted by Crippen LogP contribution is -2.14. The summed E-state index contributed by atoms with van der Waals surface area (Å²) in [5, 5.41) is 0.0849. The fourth-order valence-electron chi connectivity index (χ4n) is 2.78. The first-order valence-corrected chi connectivity index (χ1v) is 11.1. The van der Waals surface area contributed by atoms with Crippen LogP contribution in [0.2, 0.25) is 10.0 Å². The molecule has 0 amide bonds. The summed E-state index contributed by atoms with van der Waals surface area (Å²) in [6.07, 6.45) is 4.79. The summed E-state index contributed by atoms with van der Waals surface area (Å²) in [5.41, 5.74) is 2.18. The number of benzene rings is 2. The lowest BCUT2D eigenvalue weighted by atomic mass is 10.0. The average molecular weight is 449 g/mol. The van der Waals surface area contributed by atoms with Crippen LogP contribution in [0.25, 0.3) is 0 Å². The van der Waals surface area contributed by atoms with Crippen molar-refractivity contribution in [1.29, 1.82) is 0 Å². The SMILES string of the molecule is O=C(CCc1cccnc1)Cc1ccc(NS(=O)(=O)c2c(Cl)cccc2Cl)cc1. The Kier molecular flexibility index (Phi) is 6.90. The molecule has 1 aromatic heterocycles. The Labute approximate surface area is 179 Å². The first-order valence-electron chi connectivity index (χ1n) is 8.81. The summed E-state index contributed by atoms with van der Waals surface area (Å²) in [7, 11) is -3.94. The van der Waals surface area contributed by atoms with Crippen molar-refractivity contribution in [2.75, 3.05) is 4.72 Å². The van der Waals surface area contributed by atoms with Crippen molar-refractivity contribution in [2.45, 2.75) is 24.2 Å². The van der Waals surface area contributed by atoms with Crippen molar-refractivity contribution >= 4 is 44.7 Å². The van der Waals surface area contributed by atoms with E-state index in [-0.39, 0.29) is 27.1 Å². The molecule has 0 aliphatic heterocycles. The number of halogens is 2. The number of carbonyl (C=O) groups is 1. The van der Waals surface area contributed by atoms with Crippen LogP contribution in [0.3, 0.4) is 0 Å². The number of aryl methyl sites for hydroxylation is 1. The summed E-state index contributed by atoms with van der Waals surface area (Å²) in [4.78, 5) is 16.1. The quantitative estimate of drug-likeness (QED) is 0.529. The predicted octanol–water partition coefficient (Wildman–Crippen LogP) is 4.93. The van der Waals surface area contributed by atoms with E-state index in [1.54, 1.807) is 42.7 Å². The molecule has 0 aliphatic carbocycles. The minimum Gasteiger partial charge on any atom is -0.299 e. The summed E-state index contributed by atoms with van der Waals surface area (Å²) in [5.74, 6) is 0.102. The Hall–Kier alpha value is -2.41. The molecule has 1 heterocycles. The van der Waals surface area contributed by atoms with Crippen molar-refractivity contribution in [3.63, 3.8) is 0 Å². The van der Waals surface area contributed by atoms with Gasteiger partial charge in [0.2, 0.25) is 0 Å². The highest BCUT2D eigenvalue weighted by Gasteiger charge is 2.21. The number of hydrogen-bond acceptors (Lipinski definition) is 4. The van der Waals surface area contributed by atoms with Crippen LogP contribution in [0.15, 0.2) is 71.9 Å². The topological polar surface area (TPSA) is 76.1 Å². The highest BCUT2D eigenvalue weighted by molar-refractivity contribution is 7.93. The molecule has 2 aromatic carbocycles. The molecule has 0 aliphatic rings. The van der Waals surface area contributed by atoms with Gasteiger partial charge in [0.05, 0.1) is 10.0 Å². The van der Waals surface area contributed by atoms with Crippen LogP contribution in [0, 0.1) is 0 Å². The van der Waals surface area contributed by atoms with Crippen LogP contribution in [0.5, 0.6) is 0 Å². The largest absolute Gasteiger partial charge is 0.299 e. The van der Waals surface area contributed by atoms with Gasteiger partial charge in [0.25, 0.3) is 10.0 Å². The molecule has 3 aromatic rings. The molecule has 1 N–H and O–H groups in total. The van der Waals surface area contributed by atoms with Gasteiger partial charge in [0.1, 0.15) is 10.7 Å². The molecule has 0 atom stereocenters.